The molecule has 4 rings (SSSR count). The molecule has 176 valence electrons. The lowest BCUT2D eigenvalue weighted by atomic mass is 10.2. The minimum atomic E-state index is -0.802. The molecule has 1 unspecified atom stereocenters. The zero-order valence-corrected chi connectivity index (χ0v) is 18.7. The maximum Gasteiger partial charge on any atom is 0.411 e. The van der Waals surface area contributed by atoms with Crippen molar-refractivity contribution in [2.45, 2.75) is 39.0 Å². The lowest BCUT2D eigenvalue weighted by Gasteiger charge is -2.24. The van der Waals surface area contributed by atoms with Gasteiger partial charge in [0.1, 0.15) is 17.9 Å². The van der Waals surface area contributed by atoms with Crippen LogP contribution in [0.1, 0.15) is 26.3 Å². The molecule has 1 saturated carbocycles. The van der Waals surface area contributed by atoms with Crippen LogP contribution in [-0.2, 0) is 16.1 Å². The van der Waals surface area contributed by atoms with Crippen molar-refractivity contribution in [3.8, 4) is 0 Å². The van der Waals surface area contributed by atoms with Crippen LogP contribution in [0.4, 0.5) is 29.7 Å². The molecule has 1 saturated heterocycles. The Morgan fingerprint density at radius 1 is 1.03 bits per heavy atom. The lowest BCUT2D eigenvalue weighted by Crippen LogP contribution is -2.38. The van der Waals surface area contributed by atoms with Gasteiger partial charge in [0, 0.05) is 36.7 Å². The molecule has 9 heteroatoms. The van der Waals surface area contributed by atoms with Crippen LogP contribution in [0.15, 0.2) is 42.5 Å². The summed E-state index contributed by atoms with van der Waals surface area (Å²) in [4.78, 5) is 25.5. The number of piperidine rings is 1. The van der Waals surface area contributed by atoms with E-state index in [-0.39, 0.29) is 35.9 Å². The number of amides is 2. The number of anilines is 2. The van der Waals surface area contributed by atoms with E-state index >= 15 is 0 Å². The Kier molecular flexibility index (Phi) is 6.14. The summed E-state index contributed by atoms with van der Waals surface area (Å²) in [7, 11) is 0. The van der Waals surface area contributed by atoms with Crippen molar-refractivity contribution in [1.82, 2.24) is 5.32 Å². The first-order chi connectivity index (χ1) is 15.6. The summed E-state index contributed by atoms with van der Waals surface area (Å²) in [5, 5.41) is 5.19. The molecule has 3 atom stereocenters. The number of fused-ring (bicyclic) bond motifs is 1. The van der Waals surface area contributed by atoms with Gasteiger partial charge in [-0.15, -0.1) is 0 Å². The second-order valence-corrected chi connectivity index (χ2v) is 9.38. The number of alkyl carbamates (subject to hydrolysis) is 1. The molecule has 0 bridgehead atoms. The monoisotopic (exact) mass is 459 g/mol. The molecule has 7 nitrogen and oxygen atoms in total. The highest BCUT2D eigenvalue weighted by Gasteiger charge is 2.57. The number of hydrogen-bond donors (Lipinski definition) is 2. The predicted octanol–water partition coefficient (Wildman–Crippen LogP) is 4.67. The lowest BCUT2D eigenvalue weighted by molar-refractivity contribution is 0.0518. The number of carbonyl (C=O) groups is 2. The number of halogens is 2. The van der Waals surface area contributed by atoms with E-state index in [1.54, 1.807) is 37.8 Å². The minimum absolute atomic E-state index is 0.0272. The highest BCUT2D eigenvalue weighted by atomic mass is 19.1. The molecule has 2 aliphatic rings. The van der Waals surface area contributed by atoms with E-state index in [9.17, 15) is 18.4 Å². The van der Waals surface area contributed by atoms with E-state index in [0.29, 0.717) is 13.1 Å². The minimum Gasteiger partial charge on any atom is -0.444 e. The van der Waals surface area contributed by atoms with E-state index < -0.39 is 29.4 Å². The third kappa shape index (κ3) is 5.53. The average molecular weight is 459 g/mol. The number of carbonyl (C=O) groups excluding carboxylic acids is 2. The third-order valence-corrected chi connectivity index (χ3v) is 5.67. The maximum absolute atomic E-state index is 14.7. The summed E-state index contributed by atoms with van der Waals surface area (Å²) in [5.74, 6) is -1.32. The van der Waals surface area contributed by atoms with Gasteiger partial charge in [-0.3, -0.25) is 5.32 Å². The van der Waals surface area contributed by atoms with Gasteiger partial charge in [-0.2, -0.15) is 0 Å². The molecule has 0 aromatic heterocycles. The fourth-order valence-corrected chi connectivity index (χ4v) is 4.18. The number of nitrogens with zero attached hydrogens (tertiary/aromatic N) is 1. The van der Waals surface area contributed by atoms with Crippen LogP contribution in [0.3, 0.4) is 0 Å². The fourth-order valence-electron chi connectivity index (χ4n) is 4.18. The summed E-state index contributed by atoms with van der Waals surface area (Å²) >= 11 is 0. The van der Waals surface area contributed by atoms with E-state index in [4.69, 9.17) is 9.47 Å². The first-order valence-electron chi connectivity index (χ1n) is 10.8. The van der Waals surface area contributed by atoms with E-state index in [0.717, 1.165) is 17.7 Å². The van der Waals surface area contributed by atoms with Gasteiger partial charge in [-0.25, -0.2) is 18.4 Å². The fraction of sp³-hybridized carbons (Fsp3) is 0.417. The van der Waals surface area contributed by atoms with Crippen LogP contribution in [0.5, 0.6) is 0 Å². The van der Waals surface area contributed by atoms with Gasteiger partial charge >= 0.3 is 12.2 Å². The SMILES string of the molecule is CC(C)(C)OC(=O)NC1[C@H]2CN(c3c(F)cc(NC(=O)OCc4ccccc4)cc3F)C[C@@H]12. The van der Waals surface area contributed by atoms with Crippen LogP contribution in [-0.4, -0.2) is 36.9 Å². The van der Waals surface area contributed by atoms with Gasteiger partial charge in [0.25, 0.3) is 0 Å². The van der Waals surface area contributed by atoms with E-state index in [1.165, 1.54) is 0 Å². The molecule has 2 aromatic carbocycles. The molecular formula is C24H27F2N3O4. The normalized spacial score (nSPS) is 21.2. The summed E-state index contributed by atoms with van der Waals surface area (Å²) in [6.45, 7) is 6.25. The smallest absolute Gasteiger partial charge is 0.411 e. The molecule has 0 radical (unpaired) electrons. The topological polar surface area (TPSA) is 79.9 Å². The molecule has 33 heavy (non-hydrogen) atoms. The van der Waals surface area contributed by atoms with Crippen molar-refractivity contribution in [3.63, 3.8) is 0 Å². The molecule has 2 N–H and O–H groups in total. The molecule has 1 aliphatic carbocycles. The number of hydrogen-bond acceptors (Lipinski definition) is 5. The van der Waals surface area contributed by atoms with Crippen molar-refractivity contribution in [3.05, 3.63) is 59.7 Å². The zero-order valence-electron chi connectivity index (χ0n) is 18.7. The van der Waals surface area contributed by atoms with Crippen molar-refractivity contribution in [2.75, 3.05) is 23.3 Å². The van der Waals surface area contributed by atoms with Crippen LogP contribution < -0.4 is 15.5 Å². The average Bonchev–Trinajstić information content (AvgIpc) is 3.14. The largest absolute Gasteiger partial charge is 0.444 e. The van der Waals surface area contributed by atoms with Crippen LogP contribution >= 0.6 is 0 Å². The van der Waals surface area contributed by atoms with E-state index in [2.05, 4.69) is 10.6 Å². The predicted molar refractivity (Wildman–Crippen MR) is 119 cm³/mol. The molecule has 1 heterocycles. The Labute approximate surface area is 191 Å². The van der Waals surface area contributed by atoms with Gasteiger partial charge in [0.15, 0.2) is 11.6 Å². The number of benzene rings is 2. The third-order valence-electron chi connectivity index (χ3n) is 5.67. The van der Waals surface area contributed by atoms with Gasteiger partial charge in [0.2, 0.25) is 0 Å². The first-order valence-corrected chi connectivity index (χ1v) is 10.8. The number of rotatable bonds is 5. The standard InChI is InChI=1S/C24H27F2N3O4/c1-24(2,3)33-23(31)28-20-16-11-29(12-17(16)20)21-18(25)9-15(10-19(21)26)27-22(30)32-13-14-7-5-4-6-8-14/h4-10,16-17,20H,11-13H2,1-3H3,(H,27,30)(H,28,31)/t16-,17+,20?. The molecule has 1 aliphatic heterocycles. The summed E-state index contributed by atoms with van der Waals surface area (Å²) in [6.07, 6.45) is -1.29. The number of ether oxygens (including phenoxy) is 2. The Balaban J connectivity index is 1.31. The molecule has 0 spiro atoms. The van der Waals surface area contributed by atoms with Crippen molar-refractivity contribution < 1.29 is 27.8 Å². The Morgan fingerprint density at radius 2 is 1.64 bits per heavy atom. The van der Waals surface area contributed by atoms with Gasteiger partial charge < -0.3 is 19.7 Å². The van der Waals surface area contributed by atoms with Crippen LogP contribution in [0, 0.1) is 23.5 Å². The quantitative estimate of drug-likeness (QED) is 0.679. The first kappa shape index (κ1) is 22.8. The van der Waals surface area contributed by atoms with Crippen molar-refractivity contribution in [2.24, 2.45) is 11.8 Å². The molecular weight excluding hydrogens is 432 g/mol. The Morgan fingerprint density at radius 3 is 2.21 bits per heavy atom. The second kappa shape index (κ2) is 8.88. The van der Waals surface area contributed by atoms with Gasteiger partial charge in [-0.1, -0.05) is 30.3 Å². The van der Waals surface area contributed by atoms with Crippen LogP contribution in [0.25, 0.3) is 0 Å². The molecule has 2 amide bonds. The van der Waals surface area contributed by atoms with Gasteiger partial charge in [-0.05, 0) is 38.5 Å². The summed E-state index contributed by atoms with van der Waals surface area (Å²) in [5.41, 5.74) is 0.0466. The van der Waals surface area contributed by atoms with Crippen molar-refractivity contribution >= 4 is 23.6 Å². The van der Waals surface area contributed by atoms with Crippen LogP contribution in [0.2, 0.25) is 0 Å². The zero-order chi connectivity index (χ0) is 23.8. The summed E-state index contributed by atoms with van der Waals surface area (Å²) < 4.78 is 39.8. The highest BCUT2D eigenvalue weighted by Crippen LogP contribution is 2.48. The Bertz CT molecular complexity index is 1010. The highest BCUT2D eigenvalue weighted by molar-refractivity contribution is 5.85. The second-order valence-electron chi connectivity index (χ2n) is 9.38. The molecule has 2 fully saturated rings. The summed E-state index contributed by atoms with van der Waals surface area (Å²) in [6, 6.07) is 11.2. The Hall–Kier alpha value is -3.36. The number of nitrogens with one attached hydrogen (secondary N) is 2. The van der Waals surface area contributed by atoms with Crippen molar-refractivity contribution in [1.29, 1.82) is 0 Å². The van der Waals surface area contributed by atoms with E-state index in [1.807, 2.05) is 18.2 Å². The molecule has 2 aromatic rings. The maximum atomic E-state index is 14.7. The van der Waals surface area contributed by atoms with Gasteiger partial charge in [0.05, 0.1) is 0 Å².